The lowest BCUT2D eigenvalue weighted by atomic mass is 10.8. The van der Waals surface area contributed by atoms with Gasteiger partial charge in [0.25, 0.3) is 0 Å². The molecule has 2 heterocycles. The predicted molar refractivity (Wildman–Crippen MR) is 52.9 cm³/mol. The summed E-state index contributed by atoms with van der Waals surface area (Å²) in [6, 6.07) is 0. The maximum absolute atomic E-state index is 4.14. The van der Waals surface area contributed by atoms with Crippen LogP contribution in [0, 0.1) is 6.92 Å². The number of hydrogen-bond donors (Lipinski definition) is 1. The number of aromatic amines is 1. The second-order valence-electron chi connectivity index (χ2n) is 2.13. The average molecular weight is 278 g/mol. The molecule has 68 valence electrons. The molecule has 0 aliphatic rings. The molecular weight excluding hydrogens is 274 g/mol. The minimum absolute atomic E-state index is 0.668. The van der Waals surface area contributed by atoms with Gasteiger partial charge in [0.1, 0.15) is 5.82 Å². The number of nitrogens with zero attached hydrogens (tertiary/aromatic N) is 4. The van der Waals surface area contributed by atoms with Gasteiger partial charge in [0, 0.05) is 0 Å². The molecule has 0 amide bonds. The smallest absolute Gasteiger partial charge is 0.215 e. The van der Waals surface area contributed by atoms with Crippen molar-refractivity contribution in [3.05, 3.63) is 9.74 Å². The Morgan fingerprint density at radius 2 is 2.31 bits per heavy atom. The lowest BCUT2D eigenvalue weighted by molar-refractivity contribution is 0.956. The fraction of sp³-hybridized carbons (Fsp3) is 0.200. The van der Waals surface area contributed by atoms with Crippen LogP contribution in [0.25, 0.3) is 0 Å². The molecule has 0 aromatic carbocycles. The Morgan fingerprint density at radius 1 is 1.46 bits per heavy atom. The van der Waals surface area contributed by atoms with Crippen molar-refractivity contribution in [2.45, 2.75) is 16.4 Å². The van der Waals surface area contributed by atoms with Crippen LogP contribution >= 0.6 is 39.0 Å². The minimum Gasteiger partial charge on any atom is -0.262 e. The van der Waals surface area contributed by atoms with E-state index in [2.05, 4.69) is 41.3 Å². The highest BCUT2D eigenvalue weighted by molar-refractivity contribution is 9.11. The van der Waals surface area contributed by atoms with Crippen LogP contribution in [0.2, 0.25) is 0 Å². The summed E-state index contributed by atoms with van der Waals surface area (Å²) >= 11 is 6.08. The normalized spacial score (nSPS) is 10.6. The van der Waals surface area contributed by atoms with Crippen molar-refractivity contribution >= 4 is 39.0 Å². The van der Waals surface area contributed by atoms with Gasteiger partial charge in [-0.25, -0.2) is 4.98 Å². The molecule has 0 fully saturated rings. The largest absolute Gasteiger partial charge is 0.262 e. The molecule has 8 heteroatoms. The topological polar surface area (TPSA) is 67.3 Å². The second-order valence-corrected chi connectivity index (χ2v) is 5.59. The summed E-state index contributed by atoms with van der Waals surface area (Å²) < 4.78 is 1.59. The summed E-state index contributed by atoms with van der Waals surface area (Å²) in [6.45, 7) is 1.85. The van der Waals surface area contributed by atoms with Gasteiger partial charge in [-0.3, -0.25) is 5.10 Å². The average Bonchev–Trinajstić information content (AvgIpc) is 2.62. The standard InChI is InChI=1S/C5H4BrN5S2/c1-2-7-4(10-8-2)13-5-11-9-3(6)12-5/h1H3,(H,7,8,10). The molecule has 0 bridgehead atoms. The zero-order chi connectivity index (χ0) is 9.26. The molecule has 1 N–H and O–H groups in total. The first-order valence-electron chi connectivity index (χ1n) is 3.30. The molecule has 0 spiro atoms. The van der Waals surface area contributed by atoms with E-state index in [9.17, 15) is 0 Å². The van der Waals surface area contributed by atoms with Gasteiger partial charge in [-0.2, -0.15) is 0 Å². The Morgan fingerprint density at radius 3 is 2.85 bits per heavy atom. The van der Waals surface area contributed by atoms with Crippen molar-refractivity contribution in [1.29, 1.82) is 0 Å². The zero-order valence-electron chi connectivity index (χ0n) is 6.48. The molecule has 0 unspecified atom stereocenters. The summed E-state index contributed by atoms with van der Waals surface area (Å²) in [5, 5.41) is 15.1. The van der Waals surface area contributed by atoms with E-state index >= 15 is 0 Å². The summed E-state index contributed by atoms with van der Waals surface area (Å²) in [6.07, 6.45) is 0. The van der Waals surface area contributed by atoms with E-state index in [1.165, 1.54) is 23.1 Å². The first-order valence-corrected chi connectivity index (χ1v) is 5.72. The lowest BCUT2D eigenvalue weighted by Crippen LogP contribution is -1.75. The third-order valence-corrected chi connectivity index (χ3v) is 3.41. The van der Waals surface area contributed by atoms with Crippen molar-refractivity contribution in [1.82, 2.24) is 25.4 Å². The van der Waals surface area contributed by atoms with E-state index < -0.39 is 0 Å². The van der Waals surface area contributed by atoms with Crippen LogP contribution in [0.3, 0.4) is 0 Å². The molecule has 2 aromatic rings. The molecule has 2 aromatic heterocycles. The van der Waals surface area contributed by atoms with Crippen LogP contribution in [0.1, 0.15) is 5.82 Å². The van der Waals surface area contributed by atoms with E-state index in [1.807, 2.05) is 6.92 Å². The van der Waals surface area contributed by atoms with Crippen molar-refractivity contribution in [2.75, 3.05) is 0 Å². The van der Waals surface area contributed by atoms with Crippen LogP contribution in [-0.4, -0.2) is 25.4 Å². The van der Waals surface area contributed by atoms with Gasteiger partial charge in [0.2, 0.25) is 5.16 Å². The molecule has 0 radical (unpaired) electrons. The van der Waals surface area contributed by atoms with Crippen molar-refractivity contribution in [3.8, 4) is 0 Å². The van der Waals surface area contributed by atoms with Gasteiger partial charge in [0.15, 0.2) is 8.26 Å². The van der Waals surface area contributed by atoms with Crippen LogP contribution in [0.4, 0.5) is 0 Å². The molecule has 0 saturated carbocycles. The van der Waals surface area contributed by atoms with Gasteiger partial charge in [-0.1, -0.05) is 11.3 Å². The molecule has 13 heavy (non-hydrogen) atoms. The summed E-state index contributed by atoms with van der Waals surface area (Å²) in [5.41, 5.74) is 0. The van der Waals surface area contributed by atoms with E-state index in [0.29, 0.717) is 5.16 Å². The first-order chi connectivity index (χ1) is 6.24. The highest BCUT2D eigenvalue weighted by atomic mass is 79.9. The van der Waals surface area contributed by atoms with Gasteiger partial charge >= 0.3 is 0 Å². The Kier molecular flexibility index (Phi) is 2.61. The quantitative estimate of drug-likeness (QED) is 0.908. The Bertz CT molecular complexity index is 372. The van der Waals surface area contributed by atoms with E-state index in [4.69, 9.17) is 0 Å². The predicted octanol–water partition coefficient (Wildman–Crippen LogP) is 1.88. The molecule has 5 nitrogen and oxygen atoms in total. The maximum Gasteiger partial charge on any atom is 0.215 e. The van der Waals surface area contributed by atoms with Crippen LogP contribution in [0.15, 0.2) is 13.4 Å². The SMILES string of the molecule is Cc1nc(Sc2nnc(Br)s2)n[nH]1. The van der Waals surface area contributed by atoms with Gasteiger partial charge in [0.05, 0.1) is 0 Å². The second kappa shape index (κ2) is 3.72. The minimum atomic E-state index is 0.668. The van der Waals surface area contributed by atoms with Crippen LogP contribution in [0.5, 0.6) is 0 Å². The Hall–Kier alpha value is -0.470. The monoisotopic (exact) mass is 277 g/mol. The summed E-state index contributed by atoms with van der Waals surface area (Å²) in [4.78, 5) is 4.14. The Labute approximate surface area is 90.5 Å². The number of H-pyrrole nitrogens is 1. The highest BCUT2D eigenvalue weighted by Crippen LogP contribution is 2.29. The number of nitrogens with one attached hydrogen (secondary N) is 1. The molecule has 0 aliphatic heterocycles. The van der Waals surface area contributed by atoms with Gasteiger partial charge in [-0.05, 0) is 34.6 Å². The number of aryl methyl sites for hydroxylation is 1. The highest BCUT2D eigenvalue weighted by Gasteiger charge is 2.07. The summed E-state index contributed by atoms with van der Waals surface area (Å²) in [5.74, 6) is 0.797. The third-order valence-electron chi connectivity index (χ3n) is 1.14. The first kappa shape index (κ1) is 9.10. The van der Waals surface area contributed by atoms with E-state index in [1.54, 1.807) is 0 Å². The molecule has 0 aliphatic carbocycles. The van der Waals surface area contributed by atoms with E-state index in [0.717, 1.165) is 14.1 Å². The van der Waals surface area contributed by atoms with Gasteiger partial charge in [-0.15, -0.1) is 15.3 Å². The number of hydrogen-bond acceptors (Lipinski definition) is 6. The lowest BCUT2D eigenvalue weighted by Gasteiger charge is -1.84. The number of halogens is 1. The Balaban J connectivity index is 2.14. The van der Waals surface area contributed by atoms with Crippen molar-refractivity contribution in [2.24, 2.45) is 0 Å². The maximum atomic E-state index is 4.14. The van der Waals surface area contributed by atoms with Crippen molar-refractivity contribution in [3.63, 3.8) is 0 Å². The number of aromatic nitrogens is 5. The zero-order valence-corrected chi connectivity index (χ0v) is 9.70. The van der Waals surface area contributed by atoms with Crippen LogP contribution in [-0.2, 0) is 0 Å². The number of rotatable bonds is 2. The molecular formula is C5H4BrN5S2. The molecule has 2 rings (SSSR count). The molecule has 0 saturated heterocycles. The van der Waals surface area contributed by atoms with E-state index in [-0.39, 0.29) is 0 Å². The third kappa shape index (κ3) is 2.26. The van der Waals surface area contributed by atoms with Crippen LogP contribution < -0.4 is 0 Å². The van der Waals surface area contributed by atoms with Crippen molar-refractivity contribution < 1.29 is 0 Å². The molecule has 0 atom stereocenters. The fourth-order valence-electron chi connectivity index (χ4n) is 0.680. The van der Waals surface area contributed by atoms with Gasteiger partial charge < -0.3 is 0 Å². The fourth-order valence-corrected chi connectivity index (χ4v) is 2.99. The summed E-state index contributed by atoms with van der Waals surface area (Å²) in [7, 11) is 0.